The van der Waals surface area contributed by atoms with E-state index in [1.165, 1.54) is 115 Å². The number of rotatable bonds is 22. The van der Waals surface area contributed by atoms with E-state index < -0.39 is 0 Å². The summed E-state index contributed by atoms with van der Waals surface area (Å²) in [6.07, 6.45) is 26.2. The number of carbonyl (C=O) groups is 1. The predicted molar refractivity (Wildman–Crippen MR) is 140 cm³/mol. The van der Waals surface area contributed by atoms with E-state index in [0.29, 0.717) is 12.0 Å². The molecule has 1 aromatic rings. The smallest absolute Gasteiger partial charge is 0.166 e. The molecule has 0 amide bonds. The number of hydrogen-bond acceptors (Lipinski definition) is 2. The van der Waals surface area contributed by atoms with Gasteiger partial charge in [-0.25, -0.2) is 0 Å². The molecule has 0 aliphatic rings. The summed E-state index contributed by atoms with van der Waals surface area (Å²) in [6.45, 7) is 4.52. The summed E-state index contributed by atoms with van der Waals surface area (Å²) in [4.78, 5) is 12.6. The molecule has 2 heteroatoms. The molecule has 1 N–H and O–H groups in total. The van der Waals surface area contributed by atoms with Crippen molar-refractivity contribution in [2.45, 2.75) is 149 Å². The van der Waals surface area contributed by atoms with E-state index in [0.717, 1.165) is 19.3 Å². The standard InChI is InChI=1S/C30H52O2/c1-3-5-7-9-11-13-15-16-18-20-22-27-24-25-30(32)28(26-27)29(31)23-21-19-17-14-12-10-8-6-4-2/h24-26,32H,3-23H2,1-2H3. The van der Waals surface area contributed by atoms with Crippen LogP contribution in [0, 0.1) is 0 Å². The van der Waals surface area contributed by atoms with Crippen molar-refractivity contribution in [2.24, 2.45) is 0 Å². The van der Waals surface area contributed by atoms with Gasteiger partial charge in [-0.05, 0) is 37.0 Å². The van der Waals surface area contributed by atoms with E-state index in [-0.39, 0.29) is 11.5 Å². The molecule has 0 aliphatic carbocycles. The predicted octanol–water partition coefficient (Wildman–Crippen LogP) is 9.96. The van der Waals surface area contributed by atoms with Gasteiger partial charge in [-0.2, -0.15) is 0 Å². The van der Waals surface area contributed by atoms with Crippen LogP contribution in [0.5, 0.6) is 5.75 Å². The lowest BCUT2D eigenvalue weighted by molar-refractivity contribution is 0.0976. The number of aromatic hydroxyl groups is 1. The lowest BCUT2D eigenvalue weighted by atomic mass is 9.98. The fourth-order valence-electron chi connectivity index (χ4n) is 4.51. The number of carbonyl (C=O) groups excluding carboxylic acids is 1. The Bertz CT molecular complexity index is 578. The molecule has 0 unspecified atom stereocenters. The third-order valence-electron chi connectivity index (χ3n) is 6.69. The largest absolute Gasteiger partial charge is 0.507 e. The molecule has 0 fully saturated rings. The number of phenolic OH excluding ortho intramolecular Hbond substituents is 1. The number of aryl methyl sites for hydroxylation is 1. The van der Waals surface area contributed by atoms with Gasteiger partial charge >= 0.3 is 0 Å². The normalized spacial score (nSPS) is 11.2. The van der Waals surface area contributed by atoms with Crippen LogP contribution in [0.3, 0.4) is 0 Å². The van der Waals surface area contributed by atoms with Gasteiger partial charge in [0.25, 0.3) is 0 Å². The first kappa shape index (κ1) is 28.7. The lowest BCUT2D eigenvalue weighted by Crippen LogP contribution is -2.01. The Balaban J connectivity index is 2.16. The molecule has 1 aromatic carbocycles. The molecule has 0 atom stereocenters. The maximum Gasteiger partial charge on any atom is 0.166 e. The van der Waals surface area contributed by atoms with Gasteiger partial charge in [0, 0.05) is 6.42 Å². The van der Waals surface area contributed by atoms with Crippen molar-refractivity contribution >= 4 is 5.78 Å². The Labute approximate surface area is 199 Å². The zero-order valence-electron chi connectivity index (χ0n) is 21.4. The molecule has 0 spiro atoms. The van der Waals surface area contributed by atoms with Gasteiger partial charge in [-0.3, -0.25) is 4.79 Å². The third kappa shape index (κ3) is 14.7. The minimum atomic E-state index is 0.107. The van der Waals surface area contributed by atoms with Crippen LogP contribution in [0.4, 0.5) is 0 Å². The zero-order chi connectivity index (χ0) is 23.3. The van der Waals surface area contributed by atoms with E-state index in [9.17, 15) is 9.90 Å². The van der Waals surface area contributed by atoms with E-state index in [1.807, 2.05) is 12.1 Å². The molecular formula is C30H52O2. The van der Waals surface area contributed by atoms with Crippen LogP contribution in [-0.4, -0.2) is 10.9 Å². The SMILES string of the molecule is CCCCCCCCCCCCc1ccc(O)c(C(=O)CCCCCCCCCCC)c1. The molecule has 0 aromatic heterocycles. The second-order valence-corrected chi connectivity index (χ2v) is 9.79. The van der Waals surface area contributed by atoms with Gasteiger partial charge in [0.2, 0.25) is 0 Å². The average molecular weight is 445 g/mol. The third-order valence-corrected chi connectivity index (χ3v) is 6.69. The van der Waals surface area contributed by atoms with Crippen molar-refractivity contribution in [1.29, 1.82) is 0 Å². The van der Waals surface area contributed by atoms with Crippen molar-refractivity contribution in [2.75, 3.05) is 0 Å². The highest BCUT2D eigenvalue weighted by atomic mass is 16.3. The Morgan fingerprint density at radius 2 is 1.06 bits per heavy atom. The van der Waals surface area contributed by atoms with Gasteiger partial charge in [-0.1, -0.05) is 129 Å². The van der Waals surface area contributed by atoms with Crippen LogP contribution in [0.15, 0.2) is 18.2 Å². The Morgan fingerprint density at radius 1 is 0.625 bits per heavy atom. The van der Waals surface area contributed by atoms with Gasteiger partial charge in [0.1, 0.15) is 5.75 Å². The van der Waals surface area contributed by atoms with Crippen LogP contribution >= 0.6 is 0 Å². The van der Waals surface area contributed by atoms with Gasteiger partial charge in [-0.15, -0.1) is 0 Å². The quantitative estimate of drug-likeness (QED) is 0.143. The van der Waals surface area contributed by atoms with Crippen LogP contribution in [-0.2, 0) is 6.42 Å². The van der Waals surface area contributed by atoms with Crippen LogP contribution in [0.2, 0.25) is 0 Å². The zero-order valence-corrected chi connectivity index (χ0v) is 21.4. The van der Waals surface area contributed by atoms with E-state index in [2.05, 4.69) is 13.8 Å². The number of phenols is 1. The van der Waals surface area contributed by atoms with Crippen molar-refractivity contribution < 1.29 is 9.90 Å². The topological polar surface area (TPSA) is 37.3 Å². The molecule has 0 aliphatic heterocycles. The summed E-state index contributed by atoms with van der Waals surface area (Å²) in [5, 5.41) is 10.2. The fraction of sp³-hybridized carbons (Fsp3) is 0.767. The van der Waals surface area contributed by atoms with Gasteiger partial charge in [0.05, 0.1) is 5.56 Å². The fourth-order valence-corrected chi connectivity index (χ4v) is 4.51. The Hall–Kier alpha value is -1.31. The summed E-state index contributed by atoms with van der Waals surface area (Å²) < 4.78 is 0. The summed E-state index contributed by atoms with van der Waals surface area (Å²) in [6, 6.07) is 5.65. The maximum absolute atomic E-state index is 12.6. The number of ketones is 1. The second kappa shape index (κ2) is 20.3. The Kier molecular flexibility index (Phi) is 18.2. The number of benzene rings is 1. The number of hydrogen-bond donors (Lipinski definition) is 1. The Morgan fingerprint density at radius 3 is 1.56 bits per heavy atom. The first-order valence-corrected chi connectivity index (χ1v) is 14.0. The summed E-state index contributed by atoms with van der Waals surface area (Å²) >= 11 is 0. The molecule has 0 heterocycles. The van der Waals surface area contributed by atoms with E-state index >= 15 is 0 Å². The maximum atomic E-state index is 12.6. The summed E-state index contributed by atoms with van der Waals surface area (Å²) in [7, 11) is 0. The highest BCUT2D eigenvalue weighted by Gasteiger charge is 2.12. The first-order chi connectivity index (χ1) is 15.7. The molecule has 2 nitrogen and oxygen atoms in total. The molecule has 1 rings (SSSR count). The summed E-state index contributed by atoms with van der Waals surface area (Å²) in [5.74, 6) is 0.258. The minimum Gasteiger partial charge on any atom is -0.507 e. The van der Waals surface area contributed by atoms with E-state index in [4.69, 9.17) is 0 Å². The molecule has 184 valence electrons. The molecule has 0 saturated carbocycles. The van der Waals surface area contributed by atoms with E-state index in [1.54, 1.807) is 6.07 Å². The van der Waals surface area contributed by atoms with Gasteiger partial charge < -0.3 is 5.11 Å². The first-order valence-electron chi connectivity index (χ1n) is 14.0. The molecule has 0 saturated heterocycles. The molecule has 32 heavy (non-hydrogen) atoms. The van der Waals surface area contributed by atoms with Crippen LogP contribution in [0.1, 0.15) is 158 Å². The van der Waals surface area contributed by atoms with Crippen molar-refractivity contribution in [3.63, 3.8) is 0 Å². The molecule has 0 bridgehead atoms. The highest BCUT2D eigenvalue weighted by molar-refractivity contribution is 5.98. The van der Waals surface area contributed by atoms with Crippen molar-refractivity contribution in [3.05, 3.63) is 29.3 Å². The monoisotopic (exact) mass is 444 g/mol. The van der Waals surface area contributed by atoms with Crippen LogP contribution < -0.4 is 0 Å². The molecule has 0 radical (unpaired) electrons. The minimum absolute atomic E-state index is 0.107. The van der Waals surface area contributed by atoms with Crippen molar-refractivity contribution in [3.8, 4) is 5.75 Å². The average Bonchev–Trinajstić information content (AvgIpc) is 2.80. The second-order valence-electron chi connectivity index (χ2n) is 9.79. The molecular weight excluding hydrogens is 392 g/mol. The summed E-state index contributed by atoms with van der Waals surface area (Å²) in [5.41, 5.74) is 1.73. The number of Topliss-reactive ketones (excluding diaryl/α,β-unsaturated/α-hetero) is 1. The van der Waals surface area contributed by atoms with Crippen molar-refractivity contribution in [1.82, 2.24) is 0 Å². The van der Waals surface area contributed by atoms with Crippen LogP contribution in [0.25, 0.3) is 0 Å². The lowest BCUT2D eigenvalue weighted by Gasteiger charge is -2.08. The van der Waals surface area contributed by atoms with Gasteiger partial charge in [0.15, 0.2) is 5.78 Å². The number of unbranched alkanes of at least 4 members (excludes halogenated alkanes) is 17. The highest BCUT2D eigenvalue weighted by Crippen LogP contribution is 2.23.